The van der Waals surface area contributed by atoms with E-state index in [-0.39, 0.29) is 5.76 Å². The van der Waals surface area contributed by atoms with Crippen molar-refractivity contribution in [2.75, 3.05) is 6.61 Å². The first-order chi connectivity index (χ1) is 9.74. The van der Waals surface area contributed by atoms with Gasteiger partial charge in [0.1, 0.15) is 5.76 Å². The minimum absolute atomic E-state index is 0.214. The highest BCUT2D eigenvalue weighted by Crippen LogP contribution is 2.43. The van der Waals surface area contributed by atoms with E-state index in [9.17, 15) is 4.39 Å². The van der Waals surface area contributed by atoms with Crippen molar-refractivity contribution in [1.82, 2.24) is 0 Å². The molecule has 0 saturated heterocycles. The predicted molar refractivity (Wildman–Crippen MR) is 84.7 cm³/mol. The maximum atomic E-state index is 14.8. The summed E-state index contributed by atoms with van der Waals surface area (Å²) >= 11 is 0. The second-order valence-corrected chi connectivity index (χ2v) is 6.50. The van der Waals surface area contributed by atoms with Gasteiger partial charge in [0.2, 0.25) is 0 Å². The molecule has 0 amide bonds. The molecule has 0 aliphatic heterocycles. The molecule has 104 valence electrons. The van der Waals surface area contributed by atoms with Gasteiger partial charge in [-0.3, -0.25) is 0 Å². The van der Waals surface area contributed by atoms with Gasteiger partial charge in [-0.1, -0.05) is 67.2 Å². The fourth-order valence-electron chi connectivity index (χ4n) is 1.99. The largest absolute Gasteiger partial charge is 0.495 e. The van der Waals surface area contributed by atoms with Crippen molar-refractivity contribution >= 4 is 18.5 Å². The third-order valence-corrected chi connectivity index (χ3v) is 5.34. The zero-order chi connectivity index (χ0) is 14.4. The summed E-state index contributed by atoms with van der Waals surface area (Å²) in [4.78, 5) is 0. The lowest BCUT2D eigenvalue weighted by molar-refractivity contribution is 0.196. The Balaban J connectivity index is 2.37. The Kier molecular flexibility index (Phi) is 5.31. The zero-order valence-corrected chi connectivity index (χ0v) is 12.4. The topological polar surface area (TPSA) is 9.23 Å². The Morgan fingerprint density at radius 1 is 1.05 bits per heavy atom. The van der Waals surface area contributed by atoms with Gasteiger partial charge in [-0.15, -0.1) is 0 Å². The first-order valence-electron chi connectivity index (χ1n) is 6.59. The number of halogens is 1. The molecule has 2 aromatic carbocycles. The molecular weight excluding hydrogens is 270 g/mol. The monoisotopic (exact) mass is 288 g/mol. The van der Waals surface area contributed by atoms with Gasteiger partial charge < -0.3 is 4.74 Å². The van der Waals surface area contributed by atoms with E-state index in [2.05, 4.69) is 6.58 Å². The van der Waals surface area contributed by atoms with E-state index in [0.717, 1.165) is 10.6 Å². The molecule has 0 fully saturated rings. The van der Waals surface area contributed by atoms with Crippen LogP contribution in [0.4, 0.5) is 4.39 Å². The maximum Gasteiger partial charge on any atom is 0.183 e. The third kappa shape index (κ3) is 3.46. The van der Waals surface area contributed by atoms with Crippen LogP contribution < -0.4 is 10.6 Å². The molecule has 1 atom stereocenters. The third-order valence-electron chi connectivity index (χ3n) is 2.89. The zero-order valence-electron chi connectivity index (χ0n) is 11.5. The minimum atomic E-state index is -1.20. The van der Waals surface area contributed by atoms with E-state index in [1.807, 2.05) is 67.6 Å². The molecule has 0 heterocycles. The van der Waals surface area contributed by atoms with Crippen LogP contribution in [-0.4, -0.2) is 12.5 Å². The number of allylic oxidation sites excluding steroid dienone is 1. The molecule has 3 heteroatoms. The van der Waals surface area contributed by atoms with Gasteiger partial charge in [-0.25, -0.2) is 4.39 Å². The average molecular weight is 288 g/mol. The summed E-state index contributed by atoms with van der Waals surface area (Å²) in [6.07, 6.45) is 0. The molecule has 0 aliphatic rings. The van der Waals surface area contributed by atoms with Crippen molar-refractivity contribution in [2.24, 2.45) is 0 Å². The first-order valence-corrected chi connectivity index (χ1v) is 8.00. The fourth-order valence-corrected chi connectivity index (χ4v) is 4.16. The van der Waals surface area contributed by atoms with Gasteiger partial charge in [-0.05, 0) is 25.5 Å². The Bertz CT molecular complexity index is 502. The van der Waals surface area contributed by atoms with E-state index in [1.54, 1.807) is 0 Å². The number of hydrogen-bond donors (Lipinski definition) is 0. The van der Waals surface area contributed by atoms with E-state index >= 15 is 0 Å². The molecule has 0 bridgehead atoms. The van der Waals surface area contributed by atoms with Crippen LogP contribution in [0.3, 0.4) is 0 Å². The number of rotatable bonds is 6. The Morgan fingerprint density at radius 3 is 1.90 bits per heavy atom. The second kappa shape index (κ2) is 7.21. The molecule has 0 saturated carbocycles. The summed E-state index contributed by atoms with van der Waals surface area (Å²) in [6, 6.07) is 19.5. The fraction of sp³-hybridized carbons (Fsp3) is 0.176. The van der Waals surface area contributed by atoms with Gasteiger partial charge in [0, 0.05) is 0 Å². The molecule has 1 nitrogen and oxygen atoms in total. The predicted octanol–water partition coefficient (Wildman–Crippen LogP) is 3.97. The molecule has 0 spiro atoms. The van der Waals surface area contributed by atoms with E-state index in [1.165, 1.54) is 0 Å². The highest BCUT2D eigenvalue weighted by molar-refractivity contribution is 7.73. The van der Waals surface area contributed by atoms with Gasteiger partial charge in [0.25, 0.3) is 0 Å². The van der Waals surface area contributed by atoms with Crippen LogP contribution in [0.25, 0.3) is 0 Å². The Hall–Kier alpha value is -1.66. The second-order valence-electron chi connectivity index (χ2n) is 4.28. The lowest BCUT2D eigenvalue weighted by Crippen LogP contribution is -2.21. The Morgan fingerprint density at radius 2 is 1.50 bits per heavy atom. The van der Waals surface area contributed by atoms with E-state index < -0.39 is 13.8 Å². The number of hydrogen-bond acceptors (Lipinski definition) is 1. The Labute approximate surface area is 120 Å². The molecular formula is C17H18FOP. The number of ether oxygens (including phenoxy) is 1. The van der Waals surface area contributed by atoms with Crippen molar-refractivity contribution in [3.8, 4) is 0 Å². The van der Waals surface area contributed by atoms with Crippen molar-refractivity contribution in [2.45, 2.75) is 12.8 Å². The van der Waals surface area contributed by atoms with Crippen LogP contribution in [0.2, 0.25) is 0 Å². The average Bonchev–Trinajstić information content (AvgIpc) is 2.50. The maximum absolute atomic E-state index is 14.8. The lowest BCUT2D eigenvalue weighted by atomic mass is 10.4. The molecule has 0 N–H and O–H groups in total. The summed E-state index contributed by atoms with van der Waals surface area (Å²) < 4.78 is 20.1. The van der Waals surface area contributed by atoms with E-state index in [0.29, 0.717) is 6.61 Å². The number of alkyl halides is 1. The minimum Gasteiger partial charge on any atom is -0.495 e. The van der Waals surface area contributed by atoms with Crippen molar-refractivity contribution in [3.05, 3.63) is 73.0 Å². The summed E-state index contributed by atoms with van der Waals surface area (Å²) in [6.45, 7) is 6.01. The standard InChI is InChI=1S/C17H18FOP/c1-3-19-14(2)17(18)20(15-10-6-4-7-11-15)16-12-8-5-9-13-16/h4-13,17H,2-3H2,1H3. The molecule has 2 rings (SSSR count). The van der Waals surface area contributed by atoms with Crippen molar-refractivity contribution in [1.29, 1.82) is 0 Å². The van der Waals surface area contributed by atoms with Crippen LogP contribution in [0.5, 0.6) is 0 Å². The first kappa shape index (κ1) is 14.7. The molecule has 0 aliphatic carbocycles. The van der Waals surface area contributed by atoms with Crippen LogP contribution in [-0.2, 0) is 4.74 Å². The van der Waals surface area contributed by atoms with Crippen LogP contribution in [0.1, 0.15) is 6.92 Å². The molecule has 0 radical (unpaired) electrons. The van der Waals surface area contributed by atoms with Gasteiger partial charge in [0.15, 0.2) is 5.91 Å². The molecule has 2 aromatic rings. The van der Waals surface area contributed by atoms with E-state index in [4.69, 9.17) is 4.74 Å². The smallest absolute Gasteiger partial charge is 0.183 e. The van der Waals surface area contributed by atoms with Crippen molar-refractivity contribution < 1.29 is 9.13 Å². The van der Waals surface area contributed by atoms with Gasteiger partial charge >= 0.3 is 0 Å². The highest BCUT2D eigenvalue weighted by atomic mass is 31.1. The highest BCUT2D eigenvalue weighted by Gasteiger charge is 2.27. The SMILES string of the molecule is C=C(OCC)C(F)P(c1ccccc1)c1ccccc1. The normalized spacial score (nSPS) is 12.2. The lowest BCUT2D eigenvalue weighted by Gasteiger charge is -2.23. The quantitative estimate of drug-likeness (QED) is 0.577. The van der Waals surface area contributed by atoms with Crippen LogP contribution in [0.15, 0.2) is 73.0 Å². The summed E-state index contributed by atoms with van der Waals surface area (Å²) in [5, 5.41) is 1.98. The summed E-state index contributed by atoms with van der Waals surface area (Å²) in [5.74, 6) is -0.985. The van der Waals surface area contributed by atoms with Gasteiger partial charge in [-0.2, -0.15) is 0 Å². The van der Waals surface area contributed by atoms with Gasteiger partial charge in [0.05, 0.1) is 6.61 Å². The van der Waals surface area contributed by atoms with Crippen LogP contribution >= 0.6 is 7.92 Å². The molecule has 1 unspecified atom stereocenters. The summed E-state index contributed by atoms with van der Waals surface area (Å²) in [7, 11) is -1.15. The number of benzene rings is 2. The molecule has 20 heavy (non-hydrogen) atoms. The summed E-state index contributed by atoms with van der Waals surface area (Å²) in [5.41, 5.74) is 0. The van der Waals surface area contributed by atoms with Crippen molar-refractivity contribution in [3.63, 3.8) is 0 Å². The molecule has 0 aromatic heterocycles. The van der Waals surface area contributed by atoms with Crippen LogP contribution in [0, 0.1) is 0 Å².